The third-order valence-corrected chi connectivity index (χ3v) is 5.13. The molecule has 7 nitrogen and oxygen atoms in total. The van der Waals surface area contributed by atoms with E-state index >= 15 is 0 Å². The SMILES string of the molecule is Cc1ccc(C2Cn3c(nnc(CNC(=O)C4(C)CC4)c3=O)N2)cc1. The Morgan fingerprint density at radius 2 is 2.04 bits per heavy atom. The molecule has 4 rings (SSSR count). The standard InChI is InChI=1S/C18H21N5O2/c1-11-3-5-12(6-4-11)14-10-23-15(24)13(21-22-17(23)20-14)9-19-16(25)18(2)7-8-18/h3-6,14H,7-10H2,1-2H3,(H,19,25)(H,20,22). The maximum atomic E-state index is 12.6. The first-order chi connectivity index (χ1) is 12.0. The van der Waals surface area contributed by atoms with E-state index in [2.05, 4.69) is 33.0 Å². The fourth-order valence-corrected chi connectivity index (χ4v) is 3.01. The lowest BCUT2D eigenvalue weighted by molar-refractivity contribution is -0.125. The summed E-state index contributed by atoms with van der Waals surface area (Å²) < 4.78 is 1.60. The fraction of sp³-hybridized carbons (Fsp3) is 0.444. The molecule has 1 aromatic carbocycles. The molecule has 2 heterocycles. The van der Waals surface area contributed by atoms with E-state index in [4.69, 9.17) is 0 Å². The van der Waals surface area contributed by atoms with E-state index in [-0.39, 0.29) is 35.2 Å². The molecule has 7 heteroatoms. The molecule has 1 aliphatic heterocycles. The molecule has 1 fully saturated rings. The van der Waals surface area contributed by atoms with Crippen molar-refractivity contribution in [1.29, 1.82) is 0 Å². The van der Waals surface area contributed by atoms with Crippen LogP contribution in [0.4, 0.5) is 5.95 Å². The van der Waals surface area contributed by atoms with Crippen molar-refractivity contribution in [3.05, 3.63) is 51.4 Å². The lowest BCUT2D eigenvalue weighted by Gasteiger charge is -2.09. The van der Waals surface area contributed by atoms with Gasteiger partial charge in [0.05, 0.1) is 19.1 Å². The predicted octanol–water partition coefficient (Wildman–Crippen LogP) is 1.53. The van der Waals surface area contributed by atoms with Gasteiger partial charge in [-0.3, -0.25) is 14.2 Å². The van der Waals surface area contributed by atoms with Crippen LogP contribution in [0, 0.1) is 12.3 Å². The first kappa shape index (κ1) is 15.8. The maximum absolute atomic E-state index is 12.6. The summed E-state index contributed by atoms with van der Waals surface area (Å²) >= 11 is 0. The average Bonchev–Trinajstić information content (AvgIpc) is 3.20. The second-order valence-electron chi connectivity index (χ2n) is 7.24. The van der Waals surface area contributed by atoms with Crippen LogP contribution in [-0.2, 0) is 17.9 Å². The Morgan fingerprint density at radius 1 is 1.32 bits per heavy atom. The summed E-state index contributed by atoms with van der Waals surface area (Å²) in [6.07, 6.45) is 1.80. The molecular formula is C18H21N5O2. The van der Waals surface area contributed by atoms with Crippen molar-refractivity contribution in [3.63, 3.8) is 0 Å². The van der Waals surface area contributed by atoms with Gasteiger partial charge in [0.1, 0.15) is 5.69 Å². The van der Waals surface area contributed by atoms with Crippen LogP contribution in [0.25, 0.3) is 0 Å². The zero-order chi connectivity index (χ0) is 17.6. The van der Waals surface area contributed by atoms with Crippen LogP contribution in [0.2, 0.25) is 0 Å². The van der Waals surface area contributed by atoms with E-state index in [9.17, 15) is 9.59 Å². The third-order valence-electron chi connectivity index (χ3n) is 5.13. The van der Waals surface area contributed by atoms with Crippen molar-refractivity contribution in [2.24, 2.45) is 5.41 Å². The molecule has 0 bridgehead atoms. The molecule has 25 heavy (non-hydrogen) atoms. The number of anilines is 1. The minimum Gasteiger partial charge on any atom is -0.350 e. The molecule has 1 aliphatic carbocycles. The number of benzene rings is 1. The molecule has 1 unspecified atom stereocenters. The van der Waals surface area contributed by atoms with E-state index in [0.29, 0.717) is 12.5 Å². The van der Waals surface area contributed by atoms with Crippen molar-refractivity contribution < 1.29 is 4.79 Å². The van der Waals surface area contributed by atoms with Gasteiger partial charge in [0.2, 0.25) is 11.9 Å². The van der Waals surface area contributed by atoms with Gasteiger partial charge in [0.15, 0.2) is 0 Å². The molecule has 1 amide bonds. The highest BCUT2D eigenvalue weighted by Gasteiger charge is 2.44. The topological polar surface area (TPSA) is 88.9 Å². The van der Waals surface area contributed by atoms with E-state index in [0.717, 1.165) is 18.4 Å². The summed E-state index contributed by atoms with van der Waals surface area (Å²) in [5, 5.41) is 14.2. The molecule has 2 N–H and O–H groups in total. The highest BCUT2D eigenvalue weighted by Crippen LogP contribution is 2.44. The Morgan fingerprint density at radius 3 is 2.72 bits per heavy atom. The van der Waals surface area contributed by atoms with Gasteiger partial charge in [-0.05, 0) is 25.3 Å². The van der Waals surface area contributed by atoms with E-state index in [1.54, 1.807) is 4.57 Å². The fourth-order valence-electron chi connectivity index (χ4n) is 3.01. The van der Waals surface area contributed by atoms with Gasteiger partial charge in [-0.15, -0.1) is 10.2 Å². The number of aryl methyl sites for hydroxylation is 1. The van der Waals surface area contributed by atoms with Crippen LogP contribution < -0.4 is 16.2 Å². The molecule has 130 valence electrons. The normalized spacial score (nSPS) is 19.8. The molecule has 2 aliphatic rings. The van der Waals surface area contributed by atoms with Crippen LogP contribution in [0.1, 0.15) is 42.6 Å². The zero-order valence-corrected chi connectivity index (χ0v) is 14.4. The van der Waals surface area contributed by atoms with E-state index < -0.39 is 0 Å². The van der Waals surface area contributed by atoms with Crippen LogP contribution in [-0.4, -0.2) is 20.7 Å². The molecule has 1 aromatic heterocycles. The maximum Gasteiger partial charge on any atom is 0.278 e. The number of amides is 1. The first-order valence-electron chi connectivity index (χ1n) is 8.54. The molecular weight excluding hydrogens is 318 g/mol. The molecule has 2 aromatic rings. The molecule has 0 radical (unpaired) electrons. The minimum absolute atomic E-state index is 0.00202. The Balaban J connectivity index is 1.50. The Labute approximate surface area is 145 Å². The summed E-state index contributed by atoms with van der Waals surface area (Å²) in [6, 6.07) is 8.20. The number of hydrogen-bond donors (Lipinski definition) is 2. The van der Waals surface area contributed by atoms with Crippen LogP contribution in [0.5, 0.6) is 0 Å². The Hall–Kier alpha value is -2.70. The van der Waals surface area contributed by atoms with Crippen LogP contribution >= 0.6 is 0 Å². The van der Waals surface area contributed by atoms with E-state index in [1.165, 1.54) is 5.56 Å². The zero-order valence-electron chi connectivity index (χ0n) is 14.4. The highest BCUT2D eigenvalue weighted by molar-refractivity contribution is 5.84. The van der Waals surface area contributed by atoms with Crippen molar-refractivity contribution >= 4 is 11.9 Å². The number of rotatable bonds is 4. The van der Waals surface area contributed by atoms with Gasteiger partial charge in [-0.2, -0.15) is 0 Å². The number of carbonyl (C=O) groups is 1. The van der Waals surface area contributed by atoms with Gasteiger partial charge in [0.25, 0.3) is 5.56 Å². The van der Waals surface area contributed by atoms with Gasteiger partial charge in [0, 0.05) is 5.41 Å². The summed E-state index contributed by atoms with van der Waals surface area (Å²) in [5.74, 6) is 0.453. The number of fused-ring (bicyclic) bond motifs is 1. The lowest BCUT2D eigenvalue weighted by Crippen LogP contribution is -2.34. The number of nitrogens with one attached hydrogen (secondary N) is 2. The molecule has 1 atom stereocenters. The second-order valence-corrected chi connectivity index (χ2v) is 7.24. The van der Waals surface area contributed by atoms with Crippen molar-refractivity contribution in [2.75, 3.05) is 5.32 Å². The minimum atomic E-state index is -0.265. The number of carbonyl (C=O) groups excluding carboxylic acids is 1. The van der Waals surface area contributed by atoms with E-state index in [1.807, 2.05) is 26.0 Å². The Bertz CT molecular complexity index is 883. The summed E-state index contributed by atoms with van der Waals surface area (Å²) in [6.45, 7) is 4.60. The van der Waals surface area contributed by atoms with Crippen molar-refractivity contribution in [3.8, 4) is 0 Å². The lowest BCUT2D eigenvalue weighted by atomic mass is 10.1. The summed E-state index contributed by atoms with van der Waals surface area (Å²) in [5.41, 5.74) is 2.10. The summed E-state index contributed by atoms with van der Waals surface area (Å²) in [4.78, 5) is 24.7. The van der Waals surface area contributed by atoms with Crippen LogP contribution in [0.15, 0.2) is 29.1 Å². The number of aromatic nitrogens is 3. The monoisotopic (exact) mass is 339 g/mol. The summed E-state index contributed by atoms with van der Waals surface area (Å²) in [7, 11) is 0. The largest absolute Gasteiger partial charge is 0.350 e. The molecule has 1 saturated carbocycles. The predicted molar refractivity (Wildman–Crippen MR) is 93.0 cm³/mol. The van der Waals surface area contributed by atoms with Gasteiger partial charge in [-0.1, -0.05) is 36.8 Å². The average molecular weight is 339 g/mol. The first-order valence-corrected chi connectivity index (χ1v) is 8.54. The second kappa shape index (κ2) is 5.68. The molecule has 0 spiro atoms. The highest BCUT2D eigenvalue weighted by atomic mass is 16.2. The quantitative estimate of drug-likeness (QED) is 0.882. The Kier molecular flexibility index (Phi) is 3.59. The van der Waals surface area contributed by atoms with Gasteiger partial charge in [-0.25, -0.2) is 0 Å². The van der Waals surface area contributed by atoms with Crippen molar-refractivity contribution in [1.82, 2.24) is 20.1 Å². The van der Waals surface area contributed by atoms with Crippen LogP contribution in [0.3, 0.4) is 0 Å². The third kappa shape index (κ3) is 2.90. The number of nitrogens with zero attached hydrogens (tertiary/aromatic N) is 3. The number of hydrogen-bond acceptors (Lipinski definition) is 5. The van der Waals surface area contributed by atoms with Crippen molar-refractivity contribution in [2.45, 2.75) is 45.8 Å². The van der Waals surface area contributed by atoms with Gasteiger partial charge < -0.3 is 10.6 Å². The van der Waals surface area contributed by atoms with Gasteiger partial charge >= 0.3 is 0 Å². The molecule has 0 saturated heterocycles. The smallest absolute Gasteiger partial charge is 0.278 e.